The Hall–Kier alpha value is -1.88. The molecule has 0 spiro atoms. The van der Waals surface area contributed by atoms with Crippen LogP contribution in [-0.4, -0.2) is 41.0 Å². The first-order valence-corrected chi connectivity index (χ1v) is 6.32. The van der Waals surface area contributed by atoms with Gasteiger partial charge in [0.1, 0.15) is 12.1 Å². The quantitative estimate of drug-likeness (QED) is 0.822. The molecule has 0 bridgehead atoms. The van der Waals surface area contributed by atoms with E-state index in [1.165, 1.54) is 0 Å². The van der Waals surface area contributed by atoms with Gasteiger partial charge in [0.15, 0.2) is 0 Å². The van der Waals surface area contributed by atoms with Crippen LogP contribution in [0.15, 0.2) is 24.5 Å². The maximum atomic E-state index is 5.77. The molecule has 19 heavy (non-hydrogen) atoms. The van der Waals surface area contributed by atoms with E-state index in [2.05, 4.69) is 48.1 Å². The van der Waals surface area contributed by atoms with E-state index in [0.29, 0.717) is 5.69 Å². The van der Waals surface area contributed by atoms with Crippen LogP contribution < -0.4 is 11.1 Å². The van der Waals surface area contributed by atoms with Crippen LogP contribution in [0.3, 0.4) is 0 Å². The van der Waals surface area contributed by atoms with Crippen LogP contribution in [-0.2, 0) is 0 Å². The zero-order valence-corrected chi connectivity index (χ0v) is 11.9. The van der Waals surface area contributed by atoms with Gasteiger partial charge in [0.2, 0.25) is 0 Å². The molecule has 1 aromatic heterocycles. The molecule has 0 aliphatic heterocycles. The topological polar surface area (TPSA) is 67.1 Å². The van der Waals surface area contributed by atoms with Crippen molar-refractivity contribution in [2.45, 2.75) is 19.4 Å². The second kappa shape index (κ2) is 5.01. The minimum atomic E-state index is 0.0467. The van der Waals surface area contributed by atoms with Crippen LogP contribution >= 0.6 is 0 Å². The van der Waals surface area contributed by atoms with Gasteiger partial charge >= 0.3 is 0 Å². The Balaban J connectivity index is 2.26. The summed E-state index contributed by atoms with van der Waals surface area (Å²) in [5.74, 6) is 0.847. The summed E-state index contributed by atoms with van der Waals surface area (Å²) >= 11 is 0. The van der Waals surface area contributed by atoms with E-state index in [1.54, 1.807) is 6.33 Å². The molecule has 1 heterocycles. The largest absolute Gasteiger partial charge is 0.399 e. The van der Waals surface area contributed by atoms with Gasteiger partial charge in [0.05, 0.1) is 5.52 Å². The van der Waals surface area contributed by atoms with E-state index in [9.17, 15) is 0 Å². The lowest BCUT2D eigenvalue weighted by molar-refractivity contribution is 0.210. The third-order valence-corrected chi connectivity index (χ3v) is 3.56. The zero-order chi connectivity index (χ0) is 14.0. The van der Waals surface area contributed by atoms with Crippen molar-refractivity contribution in [3.63, 3.8) is 0 Å². The summed E-state index contributed by atoms with van der Waals surface area (Å²) < 4.78 is 0. The molecule has 1 aromatic carbocycles. The van der Waals surface area contributed by atoms with Crippen molar-refractivity contribution in [2.75, 3.05) is 31.7 Å². The number of rotatable bonds is 4. The van der Waals surface area contributed by atoms with Crippen molar-refractivity contribution in [3.8, 4) is 0 Å². The van der Waals surface area contributed by atoms with Gasteiger partial charge in [-0.05, 0) is 46.1 Å². The number of hydrogen-bond acceptors (Lipinski definition) is 5. The van der Waals surface area contributed by atoms with Crippen molar-refractivity contribution in [3.05, 3.63) is 24.5 Å². The third kappa shape index (κ3) is 2.93. The van der Waals surface area contributed by atoms with E-state index in [1.807, 2.05) is 18.2 Å². The molecule has 102 valence electrons. The predicted molar refractivity (Wildman–Crippen MR) is 80.2 cm³/mol. The smallest absolute Gasteiger partial charge is 0.137 e. The number of nitrogen functional groups attached to an aromatic ring is 1. The van der Waals surface area contributed by atoms with E-state index in [-0.39, 0.29) is 5.54 Å². The molecule has 5 nitrogen and oxygen atoms in total. The Morgan fingerprint density at radius 2 is 2.00 bits per heavy atom. The normalized spacial score (nSPS) is 12.1. The first kappa shape index (κ1) is 13.5. The van der Waals surface area contributed by atoms with Gasteiger partial charge in [-0.2, -0.15) is 0 Å². The molecule has 0 radical (unpaired) electrons. The molecule has 2 rings (SSSR count). The molecule has 0 atom stereocenters. The van der Waals surface area contributed by atoms with E-state index in [0.717, 1.165) is 23.3 Å². The van der Waals surface area contributed by atoms with Gasteiger partial charge in [-0.3, -0.25) is 0 Å². The number of likely N-dealkylation sites (N-methyl/N-ethyl adjacent to an activating group) is 1. The van der Waals surface area contributed by atoms with Crippen LogP contribution in [0.25, 0.3) is 10.9 Å². The zero-order valence-electron chi connectivity index (χ0n) is 11.9. The van der Waals surface area contributed by atoms with Crippen LogP contribution in [0.5, 0.6) is 0 Å². The summed E-state index contributed by atoms with van der Waals surface area (Å²) in [6.45, 7) is 5.17. The highest BCUT2D eigenvalue weighted by atomic mass is 15.2. The molecule has 0 fully saturated rings. The lowest BCUT2D eigenvalue weighted by Gasteiger charge is -2.32. The maximum Gasteiger partial charge on any atom is 0.137 e. The first-order valence-electron chi connectivity index (χ1n) is 6.32. The Bertz CT molecular complexity index is 577. The predicted octanol–water partition coefficient (Wildman–Crippen LogP) is 1.96. The fourth-order valence-corrected chi connectivity index (χ4v) is 1.67. The average Bonchev–Trinajstić information content (AvgIpc) is 2.35. The highest BCUT2D eigenvalue weighted by Crippen LogP contribution is 2.22. The van der Waals surface area contributed by atoms with Gasteiger partial charge in [-0.1, -0.05) is 0 Å². The first-order chi connectivity index (χ1) is 8.90. The van der Waals surface area contributed by atoms with Gasteiger partial charge < -0.3 is 16.0 Å². The summed E-state index contributed by atoms with van der Waals surface area (Å²) in [5.41, 5.74) is 7.39. The van der Waals surface area contributed by atoms with E-state index < -0.39 is 0 Å². The molecular formula is C14H21N5. The van der Waals surface area contributed by atoms with Gasteiger partial charge in [-0.25, -0.2) is 9.97 Å². The molecule has 0 aliphatic rings. The highest BCUT2D eigenvalue weighted by molar-refractivity contribution is 5.90. The van der Waals surface area contributed by atoms with Gasteiger partial charge in [-0.15, -0.1) is 0 Å². The molecular weight excluding hydrogens is 238 g/mol. The van der Waals surface area contributed by atoms with Crippen molar-refractivity contribution in [2.24, 2.45) is 0 Å². The average molecular weight is 259 g/mol. The highest BCUT2D eigenvalue weighted by Gasteiger charge is 2.20. The molecule has 0 saturated heterocycles. The number of aromatic nitrogens is 2. The fourth-order valence-electron chi connectivity index (χ4n) is 1.67. The molecule has 0 amide bonds. The Morgan fingerprint density at radius 1 is 1.26 bits per heavy atom. The van der Waals surface area contributed by atoms with E-state index in [4.69, 9.17) is 5.73 Å². The Morgan fingerprint density at radius 3 is 2.68 bits per heavy atom. The molecule has 5 heteroatoms. The lowest BCUT2D eigenvalue weighted by Crippen LogP contribution is -2.44. The van der Waals surface area contributed by atoms with Crippen molar-refractivity contribution < 1.29 is 0 Å². The Labute approximate surface area is 113 Å². The summed E-state index contributed by atoms with van der Waals surface area (Å²) in [5, 5.41) is 4.39. The summed E-state index contributed by atoms with van der Waals surface area (Å²) in [4.78, 5) is 10.7. The summed E-state index contributed by atoms with van der Waals surface area (Å²) in [6.07, 6.45) is 1.56. The number of hydrogen-bond donors (Lipinski definition) is 2. The third-order valence-electron chi connectivity index (χ3n) is 3.56. The van der Waals surface area contributed by atoms with Crippen LogP contribution in [0.2, 0.25) is 0 Å². The SMILES string of the molecule is CN(C)C(C)(C)CNc1ncnc2cc(N)ccc12. The number of anilines is 2. The van der Waals surface area contributed by atoms with Crippen LogP contribution in [0.4, 0.5) is 11.5 Å². The van der Waals surface area contributed by atoms with E-state index >= 15 is 0 Å². The number of nitrogens with one attached hydrogen (secondary N) is 1. The monoisotopic (exact) mass is 259 g/mol. The fraction of sp³-hybridized carbons (Fsp3) is 0.429. The van der Waals surface area contributed by atoms with Crippen LogP contribution in [0.1, 0.15) is 13.8 Å². The molecule has 3 N–H and O–H groups in total. The molecule has 0 saturated carbocycles. The van der Waals surface area contributed by atoms with Crippen LogP contribution in [0, 0.1) is 0 Å². The summed E-state index contributed by atoms with van der Waals surface area (Å²) in [7, 11) is 4.14. The van der Waals surface area contributed by atoms with Crippen molar-refractivity contribution >= 4 is 22.4 Å². The summed E-state index contributed by atoms with van der Waals surface area (Å²) in [6, 6.07) is 5.68. The molecule has 0 aliphatic carbocycles. The second-order valence-electron chi connectivity index (χ2n) is 5.56. The number of nitrogens with zero attached hydrogens (tertiary/aromatic N) is 3. The minimum absolute atomic E-state index is 0.0467. The van der Waals surface area contributed by atoms with Gasteiger partial charge in [0, 0.05) is 23.2 Å². The molecule has 2 aromatic rings. The maximum absolute atomic E-state index is 5.77. The standard InChI is InChI=1S/C14H21N5/c1-14(2,19(3)4)8-16-13-11-6-5-10(15)7-12(11)17-9-18-13/h5-7,9H,8,15H2,1-4H3,(H,16,17,18). The molecule has 0 unspecified atom stereocenters. The second-order valence-corrected chi connectivity index (χ2v) is 5.56. The Kier molecular flexibility index (Phi) is 3.57. The van der Waals surface area contributed by atoms with Crippen molar-refractivity contribution in [1.29, 1.82) is 0 Å². The number of benzene rings is 1. The minimum Gasteiger partial charge on any atom is -0.399 e. The number of fused-ring (bicyclic) bond motifs is 1. The lowest BCUT2D eigenvalue weighted by atomic mass is 10.0. The number of nitrogens with two attached hydrogens (primary N) is 1. The van der Waals surface area contributed by atoms with Gasteiger partial charge in [0.25, 0.3) is 0 Å². The van der Waals surface area contributed by atoms with Crippen molar-refractivity contribution in [1.82, 2.24) is 14.9 Å².